The number of hydrogen-bond acceptors (Lipinski definition) is 3. The van der Waals surface area contributed by atoms with Gasteiger partial charge in [-0.25, -0.2) is 0 Å². The minimum atomic E-state index is -4.08. The van der Waals surface area contributed by atoms with E-state index in [1.807, 2.05) is 16.8 Å². The van der Waals surface area contributed by atoms with Gasteiger partial charge in [-0.05, 0) is 47.6 Å². The van der Waals surface area contributed by atoms with Gasteiger partial charge in [0.25, 0.3) is 0 Å². The van der Waals surface area contributed by atoms with Gasteiger partial charge in [-0.1, -0.05) is 6.42 Å². The van der Waals surface area contributed by atoms with Gasteiger partial charge in [0.1, 0.15) is 0 Å². The molecule has 2 nitrogen and oxygen atoms in total. The summed E-state index contributed by atoms with van der Waals surface area (Å²) in [6.07, 6.45) is -2.23. The van der Waals surface area contributed by atoms with E-state index in [4.69, 9.17) is 5.84 Å². The Morgan fingerprint density at radius 1 is 1.39 bits per heavy atom. The fraction of sp³-hybridized carbons (Fsp3) is 0.667. The number of hydrazine groups is 1. The first-order valence-electron chi connectivity index (χ1n) is 6.07. The SMILES string of the molecule is NNC(c1ccsc1)C1CCCC(C(F)(F)F)C1. The first-order chi connectivity index (χ1) is 8.52. The quantitative estimate of drug-likeness (QED) is 0.654. The lowest BCUT2D eigenvalue weighted by Gasteiger charge is -2.34. The third-order valence-electron chi connectivity index (χ3n) is 3.73. The van der Waals surface area contributed by atoms with Crippen molar-refractivity contribution in [2.45, 2.75) is 37.9 Å². The number of nitrogens with two attached hydrogens (primary N) is 1. The Kier molecular flexibility index (Phi) is 4.29. The van der Waals surface area contributed by atoms with E-state index in [1.165, 1.54) is 11.3 Å². The van der Waals surface area contributed by atoms with Crippen LogP contribution < -0.4 is 11.3 Å². The van der Waals surface area contributed by atoms with Crippen LogP contribution in [0.2, 0.25) is 0 Å². The molecule has 6 heteroatoms. The van der Waals surface area contributed by atoms with Gasteiger partial charge in [-0.2, -0.15) is 24.5 Å². The molecule has 1 saturated carbocycles. The van der Waals surface area contributed by atoms with Crippen molar-refractivity contribution in [3.05, 3.63) is 22.4 Å². The summed E-state index contributed by atoms with van der Waals surface area (Å²) < 4.78 is 38.3. The van der Waals surface area contributed by atoms with Crippen LogP contribution in [0.3, 0.4) is 0 Å². The summed E-state index contributed by atoms with van der Waals surface area (Å²) in [4.78, 5) is 0. The summed E-state index contributed by atoms with van der Waals surface area (Å²) in [5, 5.41) is 3.87. The van der Waals surface area contributed by atoms with Crippen LogP contribution in [-0.4, -0.2) is 6.18 Å². The van der Waals surface area contributed by atoms with Gasteiger partial charge in [0.15, 0.2) is 0 Å². The highest BCUT2D eigenvalue weighted by Crippen LogP contribution is 2.43. The zero-order valence-electron chi connectivity index (χ0n) is 9.91. The first kappa shape index (κ1) is 13.8. The van der Waals surface area contributed by atoms with E-state index >= 15 is 0 Å². The van der Waals surface area contributed by atoms with E-state index in [9.17, 15) is 13.2 Å². The summed E-state index contributed by atoms with van der Waals surface area (Å²) in [6, 6.07) is 1.76. The zero-order chi connectivity index (χ0) is 13.2. The standard InChI is InChI=1S/C12H17F3N2S/c13-12(14,15)10-3-1-2-8(6-10)11(17-16)9-4-5-18-7-9/h4-5,7-8,10-11,17H,1-3,6,16H2. The lowest BCUT2D eigenvalue weighted by atomic mass is 9.76. The Balaban J connectivity index is 2.08. The van der Waals surface area contributed by atoms with Gasteiger partial charge < -0.3 is 0 Å². The second-order valence-electron chi connectivity index (χ2n) is 4.87. The normalized spacial score (nSPS) is 27.1. The van der Waals surface area contributed by atoms with Crippen molar-refractivity contribution in [3.63, 3.8) is 0 Å². The summed E-state index contributed by atoms with van der Waals surface area (Å²) in [5.41, 5.74) is 3.68. The van der Waals surface area contributed by atoms with Crippen LogP contribution in [0.25, 0.3) is 0 Å². The second kappa shape index (κ2) is 5.59. The van der Waals surface area contributed by atoms with E-state index in [2.05, 4.69) is 5.43 Å². The molecule has 0 aromatic carbocycles. The number of hydrogen-bond donors (Lipinski definition) is 2. The molecule has 0 radical (unpaired) electrons. The van der Waals surface area contributed by atoms with Crippen LogP contribution in [0.5, 0.6) is 0 Å². The Hall–Kier alpha value is -0.590. The van der Waals surface area contributed by atoms with Gasteiger partial charge in [-0.3, -0.25) is 11.3 Å². The predicted octanol–water partition coefficient (Wildman–Crippen LogP) is 3.62. The van der Waals surface area contributed by atoms with Gasteiger partial charge in [0.2, 0.25) is 0 Å². The van der Waals surface area contributed by atoms with E-state index in [0.717, 1.165) is 12.0 Å². The third kappa shape index (κ3) is 3.05. The lowest BCUT2D eigenvalue weighted by molar-refractivity contribution is -0.186. The van der Waals surface area contributed by atoms with E-state index in [0.29, 0.717) is 6.42 Å². The molecule has 1 aromatic heterocycles. The molecular formula is C12H17F3N2S. The summed E-state index contributed by atoms with van der Waals surface area (Å²) in [7, 11) is 0. The molecule has 3 N–H and O–H groups in total. The van der Waals surface area contributed by atoms with Gasteiger partial charge in [-0.15, -0.1) is 0 Å². The molecule has 1 fully saturated rings. The van der Waals surface area contributed by atoms with Gasteiger partial charge in [0.05, 0.1) is 5.92 Å². The Morgan fingerprint density at radius 3 is 2.72 bits per heavy atom. The van der Waals surface area contributed by atoms with Crippen LogP contribution in [0.1, 0.15) is 37.3 Å². The number of halogens is 3. The molecule has 1 aromatic rings. The molecule has 3 unspecified atom stereocenters. The Bertz CT molecular complexity index is 364. The maximum atomic E-state index is 12.8. The van der Waals surface area contributed by atoms with Crippen LogP contribution in [0.4, 0.5) is 13.2 Å². The third-order valence-corrected chi connectivity index (χ3v) is 4.43. The van der Waals surface area contributed by atoms with E-state index in [1.54, 1.807) is 0 Å². The van der Waals surface area contributed by atoms with Crippen molar-refractivity contribution in [2.75, 3.05) is 0 Å². The molecule has 102 valence electrons. The van der Waals surface area contributed by atoms with Crippen molar-refractivity contribution in [2.24, 2.45) is 17.7 Å². The molecule has 0 saturated heterocycles. The molecule has 0 amide bonds. The van der Waals surface area contributed by atoms with Crippen molar-refractivity contribution in [1.29, 1.82) is 0 Å². The largest absolute Gasteiger partial charge is 0.391 e. The van der Waals surface area contributed by atoms with Crippen molar-refractivity contribution in [1.82, 2.24) is 5.43 Å². The lowest BCUT2D eigenvalue weighted by Crippen LogP contribution is -2.38. The molecule has 1 aliphatic carbocycles. The maximum Gasteiger partial charge on any atom is 0.391 e. The summed E-state index contributed by atoms with van der Waals surface area (Å²) >= 11 is 1.54. The smallest absolute Gasteiger partial charge is 0.271 e. The van der Waals surface area contributed by atoms with E-state index in [-0.39, 0.29) is 24.8 Å². The van der Waals surface area contributed by atoms with Crippen LogP contribution >= 0.6 is 11.3 Å². The minimum Gasteiger partial charge on any atom is -0.271 e. The fourth-order valence-electron chi connectivity index (χ4n) is 2.78. The zero-order valence-corrected chi connectivity index (χ0v) is 10.7. The molecule has 18 heavy (non-hydrogen) atoms. The molecule has 1 aliphatic rings. The van der Waals surface area contributed by atoms with Gasteiger partial charge in [0, 0.05) is 6.04 Å². The number of alkyl halides is 3. The Labute approximate surface area is 108 Å². The monoisotopic (exact) mass is 278 g/mol. The van der Waals surface area contributed by atoms with Gasteiger partial charge >= 0.3 is 6.18 Å². The molecule has 0 aliphatic heterocycles. The van der Waals surface area contributed by atoms with Crippen molar-refractivity contribution < 1.29 is 13.2 Å². The highest BCUT2D eigenvalue weighted by molar-refractivity contribution is 7.07. The molecule has 0 bridgehead atoms. The molecule has 2 rings (SSSR count). The molecular weight excluding hydrogens is 261 g/mol. The average Bonchev–Trinajstić information content (AvgIpc) is 2.83. The number of thiophene rings is 1. The van der Waals surface area contributed by atoms with Crippen LogP contribution in [0.15, 0.2) is 16.8 Å². The fourth-order valence-corrected chi connectivity index (χ4v) is 3.48. The summed E-state index contributed by atoms with van der Waals surface area (Å²) in [5.74, 6) is 4.31. The maximum absolute atomic E-state index is 12.8. The molecule has 3 atom stereocenters. The topological polar surface area (TPSA) is 38.0 Å². The predicted molar refractivity (Wildman–Crippen MR) is 65.9 cm³/mol. The molecule has 0 spiro atoms. The highest BCUT2D eigenvalue weighted by atomic mass is 32.1. The highest BCUT2D eigenvalue weighted by Gasteiger charge is 2.43. The first-order valence-corrected chi connectivity index (χ1v) is 7.01. The second-order valence-corrected chi connectivity index (χ2v) is 5.65. The van der Waals surface area contributed by atoms with Crippen molar-refractivity contribution >= 4 is 11.3 Å². The number of nitrogens with one attached hydrogen (secondary N) is 1. The number of rotatable bonds is 3. The summed E-state index contributed by atoms with van der Waals surface area (Å²) in [6.45, 7) is 0. The average molecular weight is 278 g/mol. The Morgan fingerprint density at radius 2 is 2.17 bits per heavy atom. The molecule has 1 heterocycles. The van der Waals surface area contributed by atoms with Crippen molar-refractivity contribution in [3.8, 4) is 0 Å². The van der Waals surface area contributed by atoms with Crippen LogP contribution in [0, 0.1) is 11.8 Å². The van der Waals surface area contributed by atoms with E-state index < -0.39 is 12.1 Å². The minimum absolute atomic E-state index is 0.0371. The van der Waals surface area contributed by atoms with Crippen LogP contribution in [-0.2, 0) is 0 Å².